The third-order valence-electron chi connectivity index (χ3n) is 3.16. The van der Waals surface area contributed by atoms with E-state index >= 15 is 0 Å². The normalized spacial score (nSPS) is 15.2. The van der Waals surface area contributed by atoms with Gasteiger partial charge in [-0.25, -0.2) is 0 Å². The average Bonchev–Trinajstić information content (AvgIpc) is 2.52. The number of aryl methyl sites for hydroxylation is 1. The van der Waals surface area contributed by atoms with E-state index in [0.717, 1.165) is 5.56 Å². The second-order valence-electron chi connectivity index (χ2n) is 4.81. The zero-order chi connectivity index (χ0) is 15.8. The first-order chi connectivity index (χ1) is 9.97. The Morgan fingerprint density at radius 3 is 2.24 bits per heavy atom. The molecule has 1 aromatic rings. The molecular weight excluding hydrogens is 276 g/mol. The molecule has 0 saturated heterocycles. The summed E-state index contributed by atoms with van der Waals surface area (Å²) in [6, 6.07) is 9.44. The van der Waals surface area contributed by atoms with Crippen LogP contribution in [-0.4, -0.2) is 56.9 Å². The van der Waals surface area contributed by atoms with E-state index in [4.69, 9.17) is 10.2 Å². The maximum atomic E-state index is 11.6. The molecule has 0 fully saturated rings. The first-order valence-corrected chi connectivity index (χ1v) is 6.73. The summed E-state index contributed by atoms with van der Waals surface area (Å²) in [4.78, 5) is 23.2. The van der Waals surface area contributed by atoms with Gasteiger partial charge in [-0.1, -0.05) is 30.3 Å². The topological polar surface area (TPSA) is 115 Å². The van der Waals surface area contributed by atoms with Crippen molar-refractivity contribution in [2.45, 2.75) is 37.6 Å². The summed E-state index contributed by atoms with van der Waals surface area (Å²) in [5, 5.41) is 36.6. The maximum absolute atomic E-state index is 11.6. The third kappa shape index (κ3) is 5.35. The number of hydrogen-bond donors (Lipinski definition) is 4. The Balaban J connectivity index is 2.42. The van der Waals surface area contributed by atoms with Crippen LogP contribution in [0.25, 0.3) is 0 Å². The largest absolute Gasteiger partial charge is 0.394 e. The van der Waals surface area contributed by atoms with Crippen LogP contribution in [0.15, 0.2) is 30.3 Å². The molecule has 0 bridgehead atoms. The lowest BCUT2D eigenvalue weighted by atomic mass is 9.98. The Hall–Kier alpha value is -1.60. The smallest absolute Gasteiger partial charge is 0.229 e. The minimum atomic E-state index is -2.02. The van der Waals surface area contributed by atoms with Crippen LogP contribution in [0.3, 0.4) is 0 Å². The number of aliphatic hydroxyl groups excluding tert-OH is 4. The van der Waals surface area contributed by atoms with Crippen LogP contribution >= 0.6 is 0 Å². The van der Waals surface area contributed by atoms with Gasteiger partial charge in [0.2, 0.25) is 11.6 Å². The summed E-state index contributed by atoms with van der Waals surface area (Å²) in [6.07, 6.45) is -4.54. The number of ketones is 2. The van der Waals surface area contributed by atoms with E-state index in [9.17, 15) is 19.8 Å². The SMILES string of the molecule is O=C(CCCc1ccccc1)C(=O)[C@@H](O)[C@H](O)[C@H](O)CO. The van der Waals surface area contributed by atoms with Crippen molar-refractivity contribution in [3.63, 3.8) is 0 Å². The van der Waals surface area contributed by atoms with Crippen molar-refractivity contribution >= 4 is 11.6 Å². The Bertz CT molecular complexity index is 458. The summed E-state index contributed by atoms with van der Waals surface area (Å²) in [5.74, 6) is -1.95. The molecule has 0 unspecified atom stereocenters. The van der Waals surface area contributed by atoms with Gasteiger partial charge in [-0.05, 0) is 18.4 Å². The summed E-state index contributed by atoms with van der Waals surface area (Å²) in [5.41, 5.74) is 1.04. The van der Waals surface area contributed by atoms with E-state index in [1.807, 2.05) is 30.3 Å². The predicted molar refractivity (Wildman–Crippen MR) is 74.5 cm³/mol. The van der Waals surface area contributed by atoms with E-state index in [2.05, 4.69) is 0 Å². The lowest BCUT2D eigenvalue weighted by Crippen LogP contribution is -2.46. The standard InChI is InChI=1S/C15H20O6/c16-9-12(18)14(20)15(21)13(19)11(17)8-4-7-10-5-2-1-3-6-10/h1-3,5-6,12,14-16,18,20-21H,4,7-9H2/t12-,14-,15-/m1/s1. The molecule has 21 heavy (non-hydrogen) atoms. The highest BCUT2D eigenvalue weighted by Gasteiger charge is 2.33. The monoisotopic (exact) mass is 296 g/mol. The van der Waals surface area contributed by atoms with Gasteiger partial charge < -0.3 is 20.4 Å². The maximum Gasteiger partial charge on any atom is 0.229 e. The second-order valence-corrected chi connectivity index (χ2v) is 4.81. The lowest BCUT2D eigenvalue weighted by molar-refractivity contribution is -0.150. The Morgan fingerprint density at radius 1 is 1.05 bits per heavy atom. The zero-order valence-electron chi connectivity index (χ0n) is 11.6. The van der Waals surface area contributed by atoms with E-state index in [0.29, 0.717) is 12.8 Å². The molecule has 4 N–H and O–H groups in total. The second kappa shape index (κ2) is 8.63. The van der Waals surface area contributed by atoms with Gasteiger partial charge in [0.25, 0.3) is 0 Å². The van der Waals surface area contributed by atoms with Gasteiger partial charge in [-0.3, -0.25) is 9.59 Å². The van der Waals surface area contributed by atoms with Crippen molar-refractivity contribution in [2.24, 2.45) is 0 Å². The molecule has 0 heterocycles. The summed E-state index contributed by atoms with van der Waals surface area (Å²) in [6.45, 7) is -0.812. The molecule has 0 aliphatic heterocycles. The summed E-state index contributed by atoms with van der Waals surface area (Å²) < 4.78 is 0. The van der Waals surface area contributed by atoms with E-state index < -0.39 is 36.5 Å². The van der Waals surface area contributed by atoms with E-state index in [1.165, 1.54) is 0 Å². The molecule has 0 amide bonds. The summed E-state index contributed by atoms with van der Waals surface area (Å²) in [7, 11) is 0. The number of hydrogen-bond acceptors (Lipinski definition) is 6. The van der Waals surface area contributed by atoms with Gasteiger partial charge >= 0.3 is 0 Å². The Labute approximate surface area is 122 Å². The number of benzene rings is 1. The van der Waals surface area contributed by atoms with Crippen molar-refractivity contribution < 1.29 is 30.0 Å². The van der Waals surface area contributed by atoms with Crippen molar-refractivity contribution in [1.29, 1.82) is 0 Å². The third-order valence-corrected chi connectivity index (χ3v) is 3.16. The molecule has 6 nitrogen and oxygen atoms in total. The minimum absolute atomic E-state index is 0.0489. The Morgan fingerprint density at radius 2 is 1.67 bits per heavy atom. The van der Waals surface area contributed by atoms with Crippen LogP contribution in [0, 0.1) is 0 Å². The molecule has 0 aromatic heterocycles. The van der Waals surface area contributed by atoms with Crippen LogP contribution < -0.4 is 0 Å². The number of rotatable bonds is 9. The molecule has 0 spiro atoms. The molecule has 3 atom stereocenters. The van der Waals surface area contributed by atoms with Crippen LogP contribution in [0.2, 0.25) is 0 Å². The fourth-order valence-corrected chi connectivity index (χ4v) is 1.86. The average molecular weight is 296 g/mol. The van der Waals surface area contributed by atoms with Crippen LogP contribution in [0.4, 0.5) is 0 Å². The molecule has 0 radical (unpaired) electrons. The zero-order valence-corrected chi connectivity index (χ0v) is 11.6. The molecular formula is C15H20O6. The molecule has 1 rings (SSSR count). The highest BCUT2D eigenvalue weighted by molar-refractivity contribution is 6.38. The molecule has 1 aromatic carbocycles. The minimum Gasteiger partial charge on any atom is -0.394 e. The van der Waals surface area contributed by atoms with E-state index in [-0.39, 0.29) is 6.42 Å². The highest BCUT2D eigenvalue weighted by atomic mass is 16.4. The van der Waals surface area contributed by atoms with E-state index in [1.54, 1.807) is 0 Å². The molecule has 116 valence electrons. The number of carbonyl (C=O) groups excluding carboxylic acids is 2. The van der Waals surface area contributed by atoms with Crippen LogP contribution in [0.5, 0.6) is 0 Å². The fourth-order valence-electron chi connectivity index (χ4n) is 1.86. The van der Waals surface area contributed by atoms with Gasteiger partial charge in [0.1, 0.15) is 18.3 Å². The molecule has 0 aliphatic rings. The van der Waals surface area contributed by atoms with Crippen LogP contribution in [0.1, 0.15) is 18.4 Å². The summed E-state index contributed by atoms with van der Waals surface area (Å²) >= 11 is 0. The van der Waals surface area contributed by atoms with Crippen molar-refractivity contribution in [3.05, 3.63) is 35.9 Å². The van der Waals surface area contributed by atoms with Crippen molar-refractivity contribution in [3.8, 4) is 0 Å². The lowest BCUT2D eigenvalue weighted by Gasteiger charge is -2.19. The first-order valence-electron chi connectivity index (χ1n) is 6.73. The van der Waals surface area contributed by atoms with Gasteiger partial charge in [0, 0.05) is 6.42 Å². The van der Waals surface area contributed by atoms with Gasteiger partial charge in [0.05, 0.1) is 6.61 Å². The van der Waals surface area contributed by atoms with Crippen molar-refractivity contribution in [2.75, 3.05) is 6.61 Å². The van der Waals surface area contributed by atoms with Gasteiger partial charge in [0.15, 0.2) is 0 Å². The predicted octanol–water partition coefficient (Wildman–Crippen LogP) is -0.778. The van der Waals surface area contributed by atoms with Gasteiger partial charge in [-0.15, -0.1) is 0 Å². The van der Waals surface area contributed by atoms with Crippen LogP contribution in [-0.2, 0) is 16.0 Å². The number of carbonyl (C=O) groups is 2. The van der Waals surface area contributed by atoms with Gasteiger partial charge in [-0.2, -0.15) is 0 Å². The fraction of sp³-hybridized carbons (Fsp3) is 0.467. The quantitative estimate of drug-likeness (QED) is 0.445. The molecule has 0 saturated carbocycles. The molecule has 6 heteroatoms. The number of Topliss-reactive ketones (excluding diaryl/α,β-unsaturated/α-hetero) is 2. The first kappa shape index (κ1) is 17.5. The molecule has 0 aliphatic carbocycles. The highest BCUT2D eigenvalue weighted by Crippen LogP contribution is 2.08. The Kier molecular flexibility index (Phi) is 7.18. The number of aliphatic hydroxyl groups is 4. The van der Waals surface area contributed by atoms with Crippen molar-refractivity contribution in [1.82, 2.24) is 0 Å².